The van der Waals surface area contributed by atoms with E-state index < -0.39 is 23.9 Å². The first-order valence-electron chi connectivity index (χ1n) is 6.69. The lowest BCUT2D eigenvalue weighted by Gasteiger charge is -2.19. The molecule has 2 atom stereocenters. The monoisotopic (exact) mass is 288 g/mol. The normalized spacial score (nSPS) is 13.8. The van der Waals surface area contributed by atoms with E-state index >= 15 is 0 Å². The van der Waals surface area contributed by atoms with Crippen LogP contribution in [0.1, 0.15) is 39.5 Å². The van der Waals surface area contributed by atoms with E-state index in [-0.39, 0.29) is 31.7 Å². The van der Waals surface area contributed by atoms with Gasteiger partial charge in [-0.15, -0.1) is 0 Å². The number of rotatable bonds is 10. The Hall–Kier alpha value is -1.63. The van der Waals surface area contributed by atoms with Crippen LogP contribution in [-0.2, 0) is 14.4 Å². The fourth-order valence-electron chi connectivity index (χ4n) is 1.94. The van der Waals surface area contributed by atoms with E-state index in [0.29, 0.717) is 12.3 Å². The number of hydrogen-bond donors (Lipinski definition) is 4. The second-order valence-corrected chi connectivity index (χ2v) is 5.38. The van der Waals surface area contributed by atoms with Crippen LogP contribution in [-0.4, -0.2) is 40.6 Å². The number of carbonyl (C=O) groups is 3. The first-order chi connectivity index (χ1) is 9.22. The molecule has 0 aliphatic rings. The van der Waals surface area contributed by atoms with Crippen molar-refractivity contribution in [3.8, 4) is 0 Å². The number of carboxylic acids is 2. The molecule has 20 heavy (non-hydrogen) atoms. The van der Waals surface area contributed by atoms with Crippen molar-refractivity contribution < 1.29 is 24.6 Å². The Kier molecular flexibility index (Phi) is 8.54. The van der Waals surface area contributed by atoms with E-state index in [2.05, 4.69) is 5.32 Å². The van der Waals surface area contributed by atoms with Gasteiger partial charge in [0, 0.05) is 19.4 Å². The van der Waals surface area contributed by atoms with Gasteiger partial charge in [0.25, 0.3) is 0 Å². The summed E-state index contributed by atoms with van der Waals surface area (Å²) >= 11 is 0. The van der Waals surface area contributed by atoms with Crippen molar-refractivity contribution in [2.45, 2.75) is 45.6 Å². The molecule has 0 aromatic carbocycles. The highest BCUT2D eigenvalue weighted by molar-refractivity contribution is 5.82. The molecule has 7 nitrogen and oxygen atoms in total. The molecule has 0 radical (unpaired) electrons. The SMILES string of the molecule is CC(C)C[C@H](CNC(=O)C(N)CCC(=O)O)CC(=O)O. The molecule has 0 heterocycles. The van der Waals surface area contributed by atoms with Crippen LogP contribution in [0.15, 0.2) is 0 Å². The van der Waals surface area contributed by atoms with E-state index in [9.17, 15) is 14.4 Å². The molecule has 0 fully saturated rings. The van der Waals surface area contributed by atoms with E-state index in [1.54, 1.807) is 0 Å². The van der Waals surface area contributed by atoms with Crippen molar-refractivity contribution in [2.24, 2.45) is 17.6 Å². The van der Waals surface area contributed by atoms with Gasteiger partial charge >= 0.3 is 11.9 Å². The quantitative estimate of drug-likeness (QED) is 0.461. The number of carboxylic acid groups (broad SMARTS) is 2. The minimum atomic E-state index is -1.00. The summed E-state index contributed by atoms with van der Waals surface area (Å²) in [5, 5.41) is 19.9. The molecule has 7 heteroatoms. The topological polar surface area (TPSA) is 130 Å². The van der Waals surface area contributed by atoms with Crippen molar-refractivity contribution in [3.05, 3.63) is 0 Å². The predicted molar refractivity (Wildman–Crippen MR) is 73.1 cm³/mol. The summed E-state index contributed by atoms with van der Waals surface area (Å²) in [5.41, 5.74) is 5.56. The maximum atomic E-state index is 11.7. The number of hydrogen-bond acceptors (Lipinski definition) is 4. The summed E-state index contributed by atoms with van der Waals surface area (Å²) in [6.45, 7) is 4.20. The number of carbonyl (C=O) groups excluding carboxylic acids is 1. The molecule has 0 saturated carbocycles. The standard InChI is InChI=1S/C13H24N2O5/c1-8(2)5-9(6-12(18)19)7-15-13(20)10(14)3-4-11(16)17/h8-10H,3-7,14H2,1-2H3,(H,15,20)(H,16,17)(H,18,19)/t9-,10?/m0/s1. The Morgan fingerprint density at radius 2 is 1.75 bits per heavy atom. The van der Waals surface area contributed by atoms with Crippen LogP contribution in [0.2, 0.25) is 0 Å². The Bertz CT molecular complexity index is 344. The number of nitrogens with two attached hydrogens (primary N) is 1. The van der Waals surface area contributed by atoms with Gasteiger partial charge in [0.2, 0.25) is 5.91 Å². The average molecular weight is 288 g/mol. The van der Waals surface area contributed by atoms with E-state index in [1.807, 2.05) is 13.8 Å². The molecule has 0 aliphatic heterocycles. The fourth-order valence-corrected chi connectivity index (χ4v) is 1.94. The first kappa shape index (κ1) is 18.4. The lowest BCUT2D eigenvalue weighted by atomic mass is 9.94. The third kappa shape index (κ3) is 9.32. The Labute approximate surface area is 118 Å². The van der Waals surface area contributed by atoms with Crippen LogP contribution in [0.4, 0.5) is 0 Å². The van der Waals surface area contributed by atoms with Crippen LogP contribution in [0.25, 0.3) is 0 Å². The molecule has 0 bridgehead atoms. The molecule has 1 unspecified atom stereocenters. The van der Waals surface area contributed by atoms with E-state index in [4.69, 9.17) is 15.9 Å². The summed E-state index contributed by atoms with van der Waals surface area (Å²) in [4.78, 5) is 32.8. The summed E-state index contributed by atoms with van der Waals surface area (Å²) in [6.07, 6.45) is 0.577. The van der Waals surface area contributed by atoms with Crippen molar-refractivity contribution >= 4 is 17.8 Å². The van der Waals surface area contributed by atoms with Gasteiger partial charge in [-0.1, -0.05) is 13.8 Å². The molecule has 0 rings (SSSR count). The molecule has 0 spiro atoms. The largest absolute Gasteiger partial charge is 0.481 e. The molecule has 1 amide bonds. The number of amides is 1. The van der Waals surface area contributed by atoms with E-state index in [1.165, 1.54) is 0 Å². The predicted octanol–water partition coefficient (Wildman–Crippen LogP) is 0.432. The van der Waals surface area contributed by atoms with Gasteiger partial charge in [-0.25, -0.2) is 0 Å². The maximum absolute atomic E-state index is 11.7. The number of nitrogens with one attached hydrogen (secondary N) is 1. The first-order valence-corrected chi connectivity index (χ1v) is 6.69. The van der Waals surface area contributed by atoms with Crippen molar-refractivity contribution in [3.63, 3.8) is 0 Å². The van der Waals surface area contributed by atoms with Crippen LogP contribution in [0.3, 0.4) is 0 Å². The molecule has 0 saturated heterocycles. The second-order valence-electron chi connectivity index (χ2n) is 5.38. The highest BCUT2D eigenvalue weighted by Gasteiger charge is 2.19. The number of aliphatic carboxylic acids is 2. The maximum Gasteiger partial charge on any atom is 0.303 e. The molecule has 116 valence electrons. The Morgan fingerprint density at radius 1 is 1.15 bits per heavy atom. The molecule has 0 aliphatic carbocycles. The second kappa shape index (κ2) is 9.30. The molecule has 0 aromatic rings. The van der Waals surface area contributed by atoms with Crippen molar-refractivity contribution in [2.75, 3.05) is 6.54 Å². The molecule has 0 aromatic heterocycles. The minimum Gasteiger partial charge on any atom is -0.481 e. The Balaban J connectivity index is 4.20. The highest BCUT2D eigenvalue weighted by atomic mass is 16.4. The highest BCUT2D eigenvalue weighted by Crippen LogP contribution is 2.14. The fraction of sp³-hybridized carbons (Fsp3) is 0.769. The molecule has 5 N–H and O–H groups in total. The van der Waals surface area contributed by atoms with Crippen molar-refractivity contribution in [1.82, 2.24) is 5.32 Å². The summed E-state index contributed by atoms with van der Waals surface area (Å²) in [5.74, 6) is -2.16. The summed E-state index contributed by atoms with van der Waals surface area (Å²) in [7, 11) is 0. The van der Waals surface area contributed by atoms with Crippen LogP contribution in [0, 0.1) is 11.8 Å². The van der Waals surface area contributed by atoms with E-state index in [0.717, 1.165) is 0 Å². The van der Waals surface area contributed by atoms with Gasteiger partial charge in [0.05, 0.1) is 6.04 Å². The summed E-state index contributed by atoms with van der Waals surface area (Å²) < 4.78 is 0. The minimum absolute atomic E-state index is 0.0111. The van der Waals surface area contributed by atoms with Gasteiger partial charge in [-0.3, -0.25) is 14.4 Å². The lowest BCUT2D eigenvalue weighted by Crippen LogP contribution is -2.43. The van der Waals surface area contributed by atoms with Crippen LogP contribution >= 0.6 is 0 Å². The summed E-state index contributed by atoms with van der Waals surface area (Å²) in [6, 6.07) is -0.879. The third-order valence-electron chi connectivity index (χ3n) is 2.84. The zero-order chi connectivity index (χ0) is 15.7. The van der Waals surface area contributed by atoms with Crippen LogP contribution in [0.5, 0.6) is 0 Å². The average Bonchev–Trinajstić information content (AvgIpc) is 2.31. The Morgan fingerprint density at radius 3 is 2.20 bits per heavy atom. The van der Waals surface area contributed by atoms with Gasteiger partial charge in [0.1, 0.15) is 0 Å². The lowest BCUT2D eigenvalue weighted by molar-refractivity contribution is -0.139. The van der Waals surface area contributed by atoms with Crippen molar-refractivity contribution in [1.29, 1.82) is 0 Å². The third-order valence-corrected chi connectivity index (χ3v) is 2.84. The van der Waals surface area contributed by atoms with Gasteiger partial charge < -0.3 is 21.3 Å². The smallest absolute Gasteiger partial charge is 0.303 e. The van der Waals surface area contributed by atoms with Gasteiger partial charge in [0.15, 0.2) is 0 Å². The van der Waals surface area contributed by atoms with Crippen LogP contribution < -0.4 is 11.1 Å². The van der Waals surface area contributed by atoms with Gasteiger partial charge in [-0.2, -0.15) is 0 Å². The van der Waals surface area contributed by atoms with Gasteiger partial charge in [-0.05, 0) is 24.7 Å². The molecular formula is C13H24N2O5. The molecular weight excluding hydrogens is 264 g/mol. The zero-order valence-electron chi connectivity index (χ0n) is 12.0. The zero-order valence-corrected chi connectivity index (χ0v) is 12.0.